The number of anilines is 2. The number of hydrogen-bond acceptors (Lipinski definition) is 8. The molecule has 31 heavy (non-hydrogen) atoms. The first-order valence-corrected chi connectivity index (χ1v) is 9.66. The number of pyridine rings is 1. The zero-order chi connectivity index (χ0) is 22.0. The Balaban J connectivity index is 1.48. The molecular weight excluding hydrogens is 407 g/mol. The van der Waals surface area contributed by atoms with Gasteiger partial charge in [0.1, 0.15) is 24.1 Å². The van der Waals surface area contributed by atoms with E-state index in [0.29, 0.717) is 35.7 Å². The largest absolute Gasteiger partial charge is 0.441 e. The lowest BCUT2D eigenvalue weighted by Gasteiger charge is -2.27. The molecule has 1 fully saturated rings. The van der Waals surface area contributed by atoms with Crippen molar-refractivity contribution >= 4 is 29.8 Å². The van der Waals surface area contributed by atoms with Gasteiger partial charge >= 0.3 is 6.09 Å². The van der Waals surface area contributed by atoms with Gasteiger partial charge in [-0.15, -0.1) is 0 Å². The Morgan fingerprint density at radius 2 is 2.13 bits per heavy atom. The summed E-state index contributed by atoms with van der Waals surface area (Å²) in [6, 6.07) is 7.91. The zero-order valence-corrected chi connectivity index (χ0v) is 16.5. The van der Waals surface area contributed by atoms with Gasteiger partial charge in [0.25, 0.3) is 5.91 Å². The summed E-state index contributed by atoms with van der Waals surface area (Å²) in [6.45, 7) is 0.670. The van der Waals surface area contributed by atoms with Gasteiger partial charge in [0, 0.05) is 23.9 Å². The SMILES string of the molecule is NCC(=O)N1CCN(c2ccc(-c3ccc(N4C[C@H](CO)OC4=O)cc3F)cn2)C=N1. The molecule has 2 amide bonds. The predicted octanol–water partition coefficient (Wildman–Crippen LogP) is 0.756. The van der Waals surface area contributed by atoms with Crippen molar-refractivity contribution < 1.29 is 23.8 Å². The number of hydrogen-bond donors (Lipinski definition) is 2. The Morgan fingerprint density at radius 3 is 2.71 bits per heavy atom. The summed E-state index contributed by atoms with van der Waals surface area (Å²) >= 11 is 0. The van der Waals surface area contributed by atoms with Crippen LogP contribution in [0.15, 0.2) is 41.6 Å². The minimum absolute atomic E-state index is 0.102. The van der Waals surface area contributed by atoms with Crippen LogP contribution in [0.2, 0.25) is 0 Å². The summed E-state index contributed by atoms with van der Waals surface area (Å²) in [5.74, 6) is -0.158. The third-order valence-corrected chi connectivity index (χ3v) is 5.04. The highest BCUT2D eigenvalue weighted by atomic mass is 19.1. The van der Waals surface area contributed by atoms with Gasteiger partial charge < -0.3 is 20.5 Å². The number of aromatic nitrogens is 1. The molecule has 2 aliphatic heterocycles. The van der Waals surface area contributed by atoms with E-state index in [0.717, 1.165) is 0 Å². The Bertz CT molecular complexity index is 1020. The molecule has 4 rings (SSSR count). The third kappa shape index (κ3) is 4.18. The second-order valence-corrected chi connectivity index (χ2v) is 7.01. The maximum absolute atomic E-state index is 14.8. The van der Waals surface area contributed by atoms with Crippen molar-refractivity contribution in [2.75, 3.05) is 42.6 Å². The number of halogens is 1. The smallest absolute Gasteiger partial charge is 0.414 e. The van der Waals surface area contributed by atoms with Gasteiger partial charge in [0.15, 0.2) is 0 Å². The summed E-state index contributed by atoms with van der Waals surface area (Å²) in [5, 5.41) is 14.5. The number of rotatable bonds is 5. The zero-order valence-electron chi connectivity index (χ0n) is 16.5. The fourth-order valence-electron chi connectivity index (χ4n) is 3.36. The fraction of sp³-hybridized carbons (Fsp3) is 0.300. The Hall–Kier alpha value is -3.57. The number of cyclic esters (lactones) is 1. The minimum Gasteiger partial charge on any atom is -0.441 e. The third-order valence-electron chi connectivity index (χ3n) is 5.04. The molecule has 1 aromatic heterocycles. The fourth-order valence-corrected chi connectivity index (χ4v) is 3.36. The van der Waals surface area contributed by atoms with E-state index in [-0.39, 0.29) is 25.6 Å². The first-order chi connectivity index (χ1) is 15.0. The minimum atomic E-state index is -0.620. The van der Waals surface area contributed by atoms with Crippen molar-refractivity contribution in [3.05, 3.63) is 42.3 Å². The van der Waals surface area contributed by atoms with Crippen LogP contribution < -0.4 is 15.5 Å². The number of hydrazone groups is 1. The molecule has 10 nitrogen and oxygen atoms in total. The van der Waals surface area contributed by atoms with Crippen LogP contribution in [0, 0.1) is 5.82 Å². The van der Waals surface area contributed by atoms with Crippen molar-refractivity contribution in [2.45, 2.75) is 6.10 Å². The van der Waals surface area contributed by atoms with E-state index in [1.807, 2.05) is 0 Å². The molecule has 0 radical (unpaired) electrons. The topological polar surface area (TPSA) is 125 Å². The molecule has 3 N–H and O–H groups in total. The molecule has 0 bridgehead atoms. The molecule has 2 aliphatic rings. The van der Waals surface area contributed by atoms with E-state index < -0.39 is 18.0 Å². The van der Waals surface area contributed by atoms with Crippen molar-refractivity contribution in [1.82, 2.24) is 9.99 Å². The summed E-state index contributed by atoms with van der Waals surface area (Å²) in [7, 11) is 0. The van der Waals surface area contributed by atoms with Gasteiger partial charge in [-0.1, -0.05) is 0 Å². The van der Waals surface area contributed by atoms with Crippen LogP contribution in [0.25, 0.3) is 11.1 Å². The molecular formula is C20H21FN6O4. The highest BCUT2D eigenvalue weighted by Crippen LogP contribution is 2.29. The van der Waals surface area contributed by atoms with E-state index in [1.54, 1.807) is 35.4 Å². The van der Waals surface area contributed by atoms with Crippen molar-refractivity contribution in [3.63, 3.8) is 0 Å². The molecule has 1 atom stereocenters. The average molecular weight is 428 g/mol. The van der Waals surface area contributed by atoms with E-state index >= 15 is 0 Å². The normalized spacial score (nSPS) is 18.5. The second kappa shape index (κ2) is 8.66. The number of amides is 2. The Morgan fingerprint density at radius 1 is 1.29 bits per heavy atom. The molecule has 162 valence electrons. The van der Waals surface area contributed by atoms with Crippen LogP contribution in [-0.4, -0.2) is 72.3 Å². The highest BCUT2D eigenvalue weighted by molar-refractivity contribution is 5.90. The van der Waals surface area contributed by atoms with Gasteiger partial charge in [-0.25, -0.2) is 19.2 Å². The van der Waals surface area contributed by atoms with Crippen molar-refractivity contribution in [2.24, 2.45) is 10.8 Å². The summed E-state index contributed by atoms with van der Waals surface area (Å²) < 4.78 is 19.8. The molecule has 3 heterocycles. The van der Waals surface area contributed by atoms with Gasteiger partial charge in [-0.3, -0.25) is 9.69 Å². The molecule has 1 aromatic carbocycles. The first kappa shape index (κ1) is 20.7. The summed E-state index contributed by atoms with van der Waals surface area (Å²) in [6.07, 6.45) is 1.81. The molecule has 0 unspecified atom stereocenters. The van der Waals surface area contributed by atoms with Gasteiger partial charge in [-0.05, 0) is 30.3 Å². The van der Waals surface area contributed by atoms with Crippen LogP contribution in [0.1, 0.15) is 0 Å². The van der Waals surface area contributed by atoms with E-state index in [1.165, 1.54) is 22.3 Å². The molecule has 1 saturated heterocycles. The predicted molar refractivity (Wildman–Crippen MR) is 111 cm³/mol. The van der Waals surface area contributed by atoms with Gasteiger partial charge in [-0.2, -0.15) is 5.10 Å². The van der Waals surface area contributed by atoms with Crippen LogP contribution >= 0.6 is 0 Å². The lowest BCUT2D eigenvalue weighted by molar-refractivity contribution is -0.129. The standard InChI is InChI=1S/C20H21FN6O4/c21-17-7-14(26-10-15(11-28)31-20(26)30)2-3-16(17)13-1-4-18(23-9-13)25-5-6-27(24-12-25)19(29)8-22/h1-4,7,9,12,15,28H,5-6,8,10-11,22H2/t15-/m1/s1. The molecule has 11 heteroatoms. The van der Waals surface area contributed by atoms with Gasteiger partial charge in [0.05, 0.1) is 31.9 Å². The average Bonchev–Trinajstić information content (AvgIpc) is 3.19. The van der Waals surface area contributed by atoms with Crippen LogP contribution in [0.4, 0.5) is 20.7 Å². The number of carbonyl (C=O) groups is 2. The van der Waals surface area contributed by atoms with Crippen molar-refractivity contribution in [1.29, 1.82) is 0 Å². The lowest BCUT2D eigenvalue weighted by atomic mass is 10.1. The summed E-state index contributed by atoms with van der Waals surface area (Å²) in [4.78, 5) is 30.9. The number of ether oxygens (including phenoxy) is 1. The number of nitrogens with two attached hydrogens (primary N) is 1. The van der Waals surface area contributed by atoms with Gasteiger partial charge in [0.2, 0.25) is 0 Å². The maximum atomic E-state index is 14.8. The van der Waals surface area contributed by atoms with Crippen LogP contribution in [0.3, 0.4) is 0 Å². The molecule has 0 saturated carbocycles. The van der Waals surface area contributed by atoms with Crippen LogP contribution in [0.5, 0.6) is 0 Å². The number of nitrogens with zero attached hydrogens (tertiary/aromatic N) is 5. The number of carbonyl (C=O) groups excluding carboxylic acids is 2. The summed E-state index contributed by atoms with van der Waals surface area (Å²) in [5.41, 5.74) is 6.60. The first-order valence-electron chi connectivity index (χ1n) is 9.66. The van der Waals surface area contributed by atoms with Crippen molar-refractivity contribution in [3.8, 4) is 11.1 Å². The Labute approximate surface area is 177 Å². The van der Waals surface area contributed by atoms with E-state index in [4.69, 9.17) is 15.6 Å². The van der Waals surface area contributed by atoms with Crippen LogP contribution in [-0.2, 0) is 9.53 Å². The van der Waals surface area contributed by atoms with E-state index in [9.17, 15) is 14.0 Å². The van der Waals surface area contributed by atoms with E-state index in [2.05, 4.69) is 10.1 Å². The molecule has 2 aromatic rings. The quantitative estimate of drug-likeness (QED) is 0.720. The number of benzene rings is 1. The molecule has 0 spiro atoms. The number of aliphatic hydroxyl groups is 1. The number of aliphatic hydroxyl groups excluding tert-OH is 1. The maximum Gasteiger partial charge on any atom is 0.414 e. The Kier molecular flexibility index (Phi) is 5.78. The monoisotopic (exact) mass is 428 g/mol. The lowest BCUT2D eigenvalue weighted by Crippen LogP contribution is -2.43. The second-order valence-electron chi connectivity index (χ2n) is 7.01. The molecule has 0 aliphatic carbocycles. The highest BCUT2D eigenvalue weighted by Gasteiger charge is 2.32.